The van der Waals surface area contributed by atoms with Gasteiger partial charge in [0.25, 0.3) is 0 Å². The van der Waals surface area contributed by atoms with Crippen molar-refractivity contribution in [3.8, 4) is 5.75 Å². The van der Waals surface area contributed by atoms with Crippen molar-refractivity contribution in [2.45, 2.75) is 39.5 Å². The van der Waals surface area contributed by atoms with Gasteiger partial charge in [0.05, 0.1) is 0 Å². The molecule has 0 amide bonds. The fourth-order valence-corrected chi connectivity index (χ4v) is 2.31. The first-order valence-electron chi connectivity index (χ1n) is 5.60. The molecule has 0 heterocycles. The number of benzene rings is 1. The average molecular weight is 258 g/mol. The quantitative estimate of drug-likeness (QED) is 0.812. The topological polar surface area (TPSA) is 66.8 Å². The Balaban J connectivity index is 3.30. The Morgan fingerprint density at radius 2 is 1.71 bits per heavy atom. The van der Waals surface area contributed by atoms with Crippen molar-refractivity contribution in [2.24, 2.45) is 0 Å². The standard InChI is InChI=1S/C12H19O4P/c1-8(2)10-6-5-7-11(12(10)9(3)4)16-17(13,14)15/h5-9H,1-4H3,(H2,13,14,15). The molecule has 0 radical (unpaired) electrons. The van der Waals surface area contributed by atoms with E-state index < -0.39 is 7.82 Å². The molecule has 0 unspecified atom stereocenters. The number of hydrogen-bond acceptors (Lipinski definition) is 2. The summed E-state index contributed by atoms with van der Waals surface area (Å²) in [6.07, 6.45) is 0. The van der Waals surface area contributed by atoms with E-state index in [4.69, 9.17) is 14.3 Å². The third-order valence-corrected chi connectivity index (χ3v) is 2.95. The molecule has 0 fully saturated rings. The molecule has 0 saturated carbocycles. The highest BCUT2D eigenvalue weighted by molar-refractivity contribution is 7.46. The van der Waals surface area contributed by atoms with Crippen LogP contribution in [0.3, 0.4) is 0 Å². The maximum absolute atomic E-state index is 10.9. The highest BCUT2D eigenvalue weighted by Crippen LogP contribution is 2.43. The van der Waals surface area contributed by atoms with Crippen LogP contribution in [-0.4, -0.2) is 9.79 Å². The first-order chi connectivity index (χ1) is 7.72. The van der Waals surface area contributed by atoms with E-state index in [1.54, 1.807) is 12.1 Å². The molecule has 0 bridgehead atoms. The van der Waals surface area contributed by atoms with Gasteiger partial charge in [-0.25, -0.2) is 4.57 Å². The van der Waals surface area contributed by atoms with E-state index >= 15 is 0 Å². The summed E-state index contributed by atoms with van der Waals surface area (Å²) in [7, 11) is -4.50. The maximum atomic E-state index is 10.9. The Hall–Kier alpha value is -0.830. The van der Waals surface area contributed by atoms with Gasteiger partial charge in [0.1, 0.15) is 5.75 Å². The molecule has 5 heteroatoms. The van der Waals surface area contributed by atoms with Crippen LogP contribution in [0.5, 0.6) is 5.75 Å². The zero-order valence-corrected chi connectivity index (χ0v) is 11.4. The molecule has 2 N–H and O–H groups in total. The van der Waals surface area contributed by atoms with Crippen molar-refractivity contribution < 1.29 is 18.9 Å². The number of phosphoric ester groups is 1. The fourth-order valence-electron chi connectivity index (χ4n) is 1.89. The molecule has 17 heavy (non-hydrogen) atoms. The van der Waals surface area contributed by atoms with Crippen molar-refractivity contribution in [1.82, 2.24) is 0 Å². The minimum absolute atomic E-state index is 0.148. The van der Waals surface area contributed by atoms with Gasteiger partial charge in [0, 0.05) is 5.56 Å². The van der Waals surface area contributed by atoms with E-state index in [-0.39, 0.29) is 17.6 Å². The third-order valence-electron chi connectivity index (χ3n) is 2.52. The second-order valence-corrected chi connectivity index (χ2v) is 5.81. The maximum Gasteiger partial charge on any atom is 0.524 e. The van der Waals surface area contributed by atoms with Gasteiger partial charge in [-0.2, -0.15) is 0 Å². The molecule has 4 nitrogen and oxygen atoms in total. The summed E-state index contributed by atoms with van der Waals surface area (Å²) in [5, 5.41) is 0. The third kappa shape index (κ3) is 3.84. The van der Waals surface area contributed by atoms with Gasteiger partial charge in [-0.1, -0.05) is 39.8 Å². The molecule has 96 valence electrons. The van der Waals surface area contributed by atoms with Gasteiger partial charge >= 0.3 is 7.82 Å². The van der Waals surface area contributed by atoms with Crippen molar-refractivity contribution in [3.63, 3.8) is 0 Å². The smallest absolute Gasteiger partial charge is 0.404 e. The van der Waals surface area contributed by atoms with Crippen LogP contribution in [0, 0.1) is 0 Å². The molecule has 0 saturated heterocycles. The largest absolute Gasteiger partial charge is 0.524 e. The first kappa shape index (κ1) is 14.2. The molecule has 0 aliphatic carbocycles. The second kappa shape index (κ2) is 5.21. The lowest BCUT2D eigenvalue weighted by molar-refractivity contribution is 0.282. The summed E-state index contributed by atoms with van der Waals surface area (Å²) in [6, 6.07) is 5.32. The zero-order valence-electron chi connectivity index (χ0n) is 10.5. The molecule has 1 aromatic carbocycles. The lowest BCUT2D eigenvalue weighted by atomic mass is 9.90. The van der Waals surface area contributed by atoms with Crippen molar-refractivity contribution in [1.29, 1.82) is 0 Å². The second-order valence-electron chi connectivity index (χ2n) is 4.65. The number of rotatable bonds is 4. The molecular weight excluding hydrogens is 239 g/mol. The summed E-state index contributed by atoms with van der Waals surface area (Å²) >= 11 is 0. The van der Waals surface area contributed by atoms with E-state index in [9.17, 15) is 4.57 Å². The average Bonchev–Trinajstić information content (AvgIpc) is 2.14. The molecule has 0 atom stereocenters. The summed E-state index contributed by atoms with van der Waals surface area (Å²) in [4.78, 5) is 17.8. The van der Waals surface area contributed by atoms with Crippen LogP contribution in [-0.2, 0) is 4.57 Å². The van der Waals surface area contributed by atoms with Crippen molar-refractivity contribution in [3.05, 3.63) is 29.3 Å². The van der Waals surface area contributed by atoms with Gasteiger partial charge < -0.3 is 4.52 Å². The van der Waals surface area contributed by atoms with Gasteiger partial charge in [-0.3, -0.25) is 9.79 Å². The Morgan fingerprint density at radius 3 is 2.12 bits per heavy atom. The SMILES string of the molecule is CC(C)c1cccc(OP(=O)(O)O)c1C(C)C. The van der Waals surface area contributed by atoms with Crippen LogP contribution < -0.4 is 4.52 Å². The molecule has 0 aromatic heterocycles. The lowest BCUT2D eigenvalue weighted by Crippen LogP contribution is -2.02. The van der Waals surface area contributed by atoms with Crippen LogP contribution in [0.15, 0.2) is 18.2 Å². The Kier molecular flexibility index (Phi) is 4.36. The van der Waals surface area contributed by atoms with E-state index in [1.807, 2.05) is 33.8 Å². The van der Waals surface area contributed by atoms with E-state index in [0.29, 0.717) is 0 Å². The monoisotopic (exact) mass is 258 g/mol. The summed E-state index contributed by atoms with van der Waals surface area (Å²) in [5.74, 6) is 0.711. The summed E-state index contributed by atoms with van der Waals surface area (Å²) < 4.78 is 15.7. The molecule has 0 aliphatic heterocycles. The van der Waals surface area contributed by atoms with Gasteiger partial charge in [0.15, 0.2) is 0 Å². The van der Waals surface area contributed by atoms with Crippen LogP contribution >= 0.6 is 7.82 Å². The van der Waals surface area contributed by atoms with Crippen LogP contribution in [0.4, 0.5) is 0 Å². The number of hydrogen-bond donors (Lipinski definition) is 2. The molecule has 1 aromatic rings. The van der Waals surface area contributed by atoms with E-state index in [0.717, 1.165) is 11.1 Å². The minimum atomic E-state index is -4.50. The highest BCUT2D eigenvalue weighted by atomic mass is 31.2. The Labute approximate surface area is 102 Å². The van der Waals surface area contributed by atoms with Gasteiger partial charge in [-0.05, 0) is 23.5 Å². The first-order valence-corrected chi connectivity index (χ1v) is 7.13. The van der Waals surface area contributed by atoms with Gasteiger partial charge in [-0.15, -0.1) is 0 Å². The Bertz CT molecular complexity index is 434. The highest BCUT2D eigenvalue weighted by Gasteiger charge is 2.22. The molecule has 0 aliphatic rings. The van der Waals surface area contributed by atoms with Gasteiger partial charge in [0.2, 0.25) is 0 Å². The fraction of sp³-hybridized carbons (Fsp3) is 0.500. The predicted octanol–water partition coefficient (Wildman–Crippen LogP) is 3.40. The predicted molar refractivity (Wildman–Crippen MR) is 67.3 cm³/mol. The van der Waals surface area contributed by atoms with Crippen molar-refractivity contribution >= 4 is 7.82 Å². The van der Waals surface area contributed by atoms with Crippen LogP contribution in [0.2, 0.25) is 0 Å². The van der Waals surface area contributed by atoms with E-state index in [1.165, 1.54) is 0 Å². The van der Waals surface area contributed by atoms with Crippen LogP contribution in [0.25, 0.3) is 0 Å². The summed E-state index contributed by atoms with van der Waals surface area (Å²) in [6.45, 7) is 8.05. The Morgan fingerprint density at radius 1 is 1.12 bits per heavy atom. The summed E-state index contributed by atoms with van der Waals surface area (Å²) in [5.41, 5.74) is 1.93. The molecular formula is C12H19O4P. The number of phosphoric acid groups is 1. The minimum Gasteiger partial charge on any atom is -0.404 e. The van der Waals surface area contributed by atoms with Crippen molar-refractivity contribution in [2.75, 3.05) is 0 Å². The lowest BCUT2D eigenvalue weighted by Gasteiger charge is -2.20. The molecule has 1 rings (SSSR count). The normalized spacial score (nSPS) is 12.2. The molecule has 0 spiro atoms. The zero-order chi connectivity index (χ0) is 13.2. The van der Waals surface area contributed by atoms with E-state index in [2.05, 4.69) is 0 Å². The van der Waals surface area contributed by atoms with Crippen LogP contribution in [0.1, 0.15) is 50.7 Å².